The zero-order valence-corrected chi connectivity index (χ0v) is 13.7. The Hall–Kier alpha value is -1.39. The Balaban J connectivity index is 1.35. The molecule has 3 aliphatic heterocycles. The topological polar surface area (TPSA) is 44.4 Å². The van der Waals surface area contributed by atoms with Gasteiger partial charge in [-0.25, -0.2) is 0 Å². The van der Waals surface area contributed by atoms with E-state index >= 15 is 0 Å². The molecule has 0 radical (unpaired) electrons. The third kappa shape index (κ3) is 3.43. The van der Waals surface area contributed by atoms with E-state index in [4.69, 9.17) is 0 Å². The van der Waals surface area contributed by atoms with Gasteiger partial charge in [0.2, 0.25) is 5.91 Å². The number of amides is 1. The van der Waals surface area contributed by atoms with E-state index < -0.39 is 0 Å². The Labute approximate surface area is 138 Å². The Morgan fingerprint density at radius 2 is 1.87 bits per heavy atom. The van der Waals surface area contributed by atoms with E-state index in [1.165, 1.54) is 18.4 Å². The van der Waals surface area contributed by atoms with Crippen LogP contribution in [0, 0.1) is 0 Å². The highest BCUT2D eigenvalue weighted by Gasteiger charge is 2.36. The normalized spacial score (nSPS) is 33.7. The molecule has 23 heavy (non-hydrogen) atoms. The Morgan fingerprint density at radius 3 is 2.61 bits per heavy atom. The van der Waals surface area contributed by atoms with Crippen LogP contribution in [0.4, 0.5) is 0 Å². The van der Waals surface area contributed by atoms with Gasteiger partial charge in [0, 0.05) is 24.7 Å². The zero-order valence-electron chi connectivity index (χ0n) is 13.7. The molecule has 124 valence electrons. The van der Waals surface area contributed by atoms with Crippen LogP contribution in [0.2, 0.25) is 0 Å². The van der Waals surface area contributed by atoms with E-state index in [0.29, 0.717) is 18.1 Å². The molecule has 3 heterocycles. The van der Waals surface area contributed by atoms with Gasteiger partial charge in [-0.2, -0.15) is 0 Å². The van der Waals surface area contributed by atoms with Gasteiger partial charge in [0.05, 0.1) is 6.04 Å². The Morgan fingerprint density at radius 1 is 1.13 bits per heavy atom. The van der Waals surface area contributed by atoms with E-state index in [0.717, 1.165) is 38.8 Å². The molecule has 1 aromatic carbocycles. The van der Waals surface area contributed by atoms with Crippen molar-refractivity contribution in [3.63, 3.8) is 0 Å². The monoisotopic (exact) mass is 313 g/mol. The van der Waals surface area contributed by atoms with E-state index in [1.807, 2.05) is 6.07 Å². The van der Waals surface area contributed by atoms with E-state index in [9.17, 15) is 4.79 Å². The fraction of sp³-hybridized carbons (Fsp3) is 0.632. The zero-order chi connectivity index (χ0) is 15.6. The molecule has 3 fully saturated rings. The molecule has 4 rings (SSSR count). The fourth-order valence-electron chi connectivity index (χ4n) is 4.60. The highest BCUT2D eigenvalue weighted by Crippen LogP contribution is 2.27. The van der Waals surface area contributed by atoms with Crippen molar-refractivity contribution in [3.8, 4) is 0 Å². The minimum absolute atomic E-state index is 0.0581. The summed E-state index contributed by atoms with van der Waals surface area (Å²) in [5.74, 6) is 0.254. The summed E-state index contributed by atoms with van der Waals surface area (Å²) in [4.78, 5) is 15.1. The second-order valence-electron chi connectivity index (χ2n) is 7.43. The lowest BCUT2D eigenvalue weighted by atomic mass is 9.99. The standard InChI is InChI=1S/C19H27N3O/c23-19(21-17-11-15-8-9-16(12-17)20-15)18-7-4-10-22(18)13-14-5-2-1-3-6-14/h1-3,5-6,15-18,20H,4,7-13H2,(H,21,23). The number of rotatable bonds is 4. The second kappa shape index (κ2) is 6.62. The minimum atomic E-state index is 0.0581. The van der Waals surface area contributed by atoms with Gasteiger partial charge < -0.3 is 10.6 Å². The predicted octanol–water partition coefficient (Wildman–Crippen LogP) is 2.05. The van der Waals surface area contributed by atoms with E-state index in [2.05, 4.69) is 39.8 Å². The number of hydrogen-bond acceptors (Lipinski definition) is 3. The summed E-state index contributed by atoms with van der Waals surface area (Å²) < 4.78 is 0. The lowest BCUT2D eigenvalue weighted by Gasteiger charge is -2.32. The highest BCUT2D eigenvalue weighted by molar-refractivity contribution is 5.82. The van der Waals surface area contributed by atoms with Gasteiger partial charge in [-0.1, -0.05) is 30.3 Å². The maximum absolute atomic E-state index is 12.8. The lowest BCUT2D eigenvalue weighted by Crippen LogP contribution is -2.52. The first-order chi connectivity index (χ1) is 11.3. The van der Waals surface area contributed by atoms with Gasteiger partial charge in [-0.15, -0.1) is 0 Å². The van der Waals surface area contributed by atoms with Crippen LogP contribution in [-0.2, 0) is 11.3 Å². The first-order valence-corrected chi connectivity index (χ1v) is 9.12. The van der Waals surface area contributed by atoms with Gasteiger partial charge in [0.1, 0.15) is 0 Å². The summed E-state index contributed by atoms with van der Waals surface area (Å²) in [5, 5.41) is 7.00. The van der Waals surface area contributed by atoms with Gasteiger partial charge in [0.25, 0.3) is 0 Å². The van der Waals surface area contributed by atoms with E-state index in [-0.39, 0.29) is 11.9 Å². The maximum Gasteiger partial charge on any atom is 0.237 e. The van der Waals surface area contributed by atoms with Gasteiger partial charge in [-0.05, 0) is 50.6 Å². The predicted molar refractivity (Wildman–Crippen MR) is 91.0 cm³/mol. The first kappa shape index (κ1) is 15.2. The number of piperidine rings is 1. The van der Waals surface area contributed by atoms with Crippen molar-refractivity contribution in [2.24, 2.45) is 0 Å². The lowest BCUT2D eigenvalue weighted by molar-refractivity contribution is -0.126. The van der Waals surface area contributed by atoms with Crippen LogP contribution >= 0.6 is 0 Å². The SMILES string of the molecule is O=C(NC1CC2CCC(C1)N2)C1CCCN1Cc1ccccc1. The van der Waals surface area contributed by atoms with Crippen LogP contribution in [0.5, 0.6) is 0 Å². The quantitative estimate of drug-likeness (QED) is 0.894. The van der Waals surface area contributed by atoms with Crippen molar-refractivity contribution in [3.05, 3.63) is 35.9 Å². The molecular formula is C19H27N3O. The number of carbonyl (C=O) groups is 1. The molecule has 4 nitrogen and oxygen atoms in total. The summed E-state index contributed by atoms with van der Waals surface area (Å²) >= 11 is 0. The number of hydrogen-bond donors (Lipinski definition) is 2. The minimum Gasteiger partial charge on any atom is -0.352 e. The molecule has 3 atom stereocenters. The van der Waals surface area contributed by atoms with Crippen molar-refractivity contribution in [1.82, 2.24) is 15.5 Å². The summed E-state index contributed by atoms with van der Waals surface area (Å²) in [6.45, 7) is 1.92. The number of likely N-dealkylation sites (tertiary alicyclic amines) is 1. The molecule has 0 saturated carbocycles. The van der Waals surface area contributed by atoms with Gasteiger partial charge in [0.15, 0.2) is 0 Å². The summed E-state index contributed by atoms with van der Waals surface area (Å²) in [6, 6.07) is 12.2. The molecule has 2 bridgehead atoms. The maximum atomic E-state index is 12.8. The third-order valence-corrected chi connectivity index (χ3v) is 5.71. The molecule has 3 aliphatic rings. The summed E-state index contributed by atoms with van der Waals surface area (Å²) in [5.41, 5.74) is 1.30. The third-order valence-electron chi connectivity index (χ3n) is 5.71. The molecule has 4 heteroatoms. The molecule has 1 aromatic rings. The van der Waals surface area contributed by atoms with Crippen LogP contribution in [0.25, 0.3) is 0 Å². The van der Waals surface area contributed by atoms with Crippen LogP contribution in [0.3, 0.4) is 0 Å². The smallest absolute Gasteiger partial charge is 0.237 e. The van der Waals surface area contributed by atoms with Crippen molar-refractivity contribution in [2.45, 2.75) is 69.2 Å². The molecule has 3 unspecified atom stereocenters. The number of carbonyl (C=O) groups excluding carboxylic acids is 1. The van der Waals surface area contributed by atoms with Crippen LogP contribution < -0.4 is 10.6 Å². The Kier molecular flexibility index (Phi) is 4.36. The van der Waals surface area contributed by atoms with Crippen molar-refractivity contribution in [2.75, 3.05) is 6.54 Å². The van der Waals surface area contributed by atoms with Crippen molar-refractivity contribution < 1.29 is 4.79 Å². The highest BCUT2D eigenvalue weighted by atomic mass is 16.2. The molecule has 0 aliphatic carbocycles. The van der Waals surface area contributed by atoms with Crippen LogP contribution in [0.15, 0.2) is 30.3 Å². The van der Waals surface area contributed by atoms with Gasteiger partial charge in [-0.3, -0.25) is 9.69 Å². The Bertz CT molecular complexity index is 535. The molecule has 2 N–H and O–H groups in total. The summed E-state index contributed by atoms with van der Waals surface area (Å²) in [7, 11) is 0. The number of nitrogens with zero attached hydrogens (tertiary/aromatic N) is 1. The van der Waals surface area contributed by atoms with E-state index in [1.54, 1.807) is 0 Å². The second-order valence-corrected chi connectivity index (χ2v) is 7.43. The van der Waals surface area contributed by atoms with Crippen molar-refractivity contribution in [1.29, 1.82) is 0 Å². The van der Waals surface area contributed by atoms with Crippen LogP contribution in [-0.4, -0.2) is 41.5 Å². The molecule has 0 spiro atoms. The average Bonchev–Trinajstić information content (AvgIpc) is 3.15. The molecule has 0 aromatic heterocycles. The number of nitrogens with one attached hydrogen (secondary N) is 2. The van der Waals surface area contributed by atoms with Crippen LogP contribution in [0.1, 0.15) is 44.1 Å². The largest absolute Gasteiger partial charge is 0.352 e. The molecular weight excluding hydrogens is 286 g/mol. The average molecular weight is 313 g/mol. The number of fused-ring (bicyclic) bond motifs is 2. The van der Waals surface area contributed by atoms with Gasteiger partial charge >= 0.3 is 0 Å². The number of benzene rings is 1. The van der Waals surface area contributed by atoms with Crippen molar-refractivity contribution >= 4 is 5.91 Å². The fourth-order valence-corrected chi connectivity index (χ4v) is 4.60. The molecule has 1 amide bonds. The first-order valence-electron chi connectivity index (χ1n) is 9.12. The molecule has 3 saturated heterocycles. The summed E-state index contributed by atoms with van der Waals surface area (Å²) in [6.07, 6.45) is 6.89.